The highest BCUT2D eigenvalue weighted by molar-refractivity contribution is 6.78. The van der Waals surface area contributed by atoms with Crippen LogP contribution in [0.25, 0.3) is 0 Å². The van der Waals surface area contributed by atoms with Gasteiger partial charge in [-0.05, 0) is 32.9 Å². The third-order valence-electron chi connectivity index (χ3n) is 2.70. The molecule has 1 rings (SSSR count). The number of alkyl carbamates (subject to hydrolysis) is 1. The number of nitrogens with one attached hydrogen (secondary N) is 1. The van der Waals surface area contributed by atoms with E-state index in [1.165, 1.54) is 0 Å². The summed E-state index contributed by atoms with van der Waals surface area (Å²) in [5.74, 6) is 0. The van der Waals surface area contributed by atoms with Gasteiger partial charge in [-0.2, -0.15) is 0 Å². The van der Waals surface area contributed by atoms with Crippen LogP contribution in [0.15, 0.2) is 0 Å². The highest BCUT2D eigenvalue weighted by Crippen LogP contribution is 2.30. The summed E-state index contributed by atoms with van der Waals surface area (Å²) in [6, 6.07) is 1.65. The molecule has 2 N–H and O–H groups in total. The second-order valence-electron chi connectivity index (χ2n) is 6.39. The number of hydrogen-bond donors (Lipinski definition) is 2. The molecule has 0 radical (unpaired) electrons. The number of amides is 1. The Morgan fingerprint density at radius 1 is 1.38 bits per heavy atom. The van der Waals surface area contributed by atoms with Gasteiger partial charge in [0.05, 0.1) is 20.2 Å². The summed E-state index contributed by atoms with van der Waals surface area (Å²) in [5, 5.41) is 12.6. The predicted octanol–water partition coefficient (Wildman–Crippen LogP) is 1.96. The summed E-state index contributed by atoms with van der Waals surface area (Å²) < 4.78 is 5.17. The zero-order valence-corrected chi connectivity index (χ0v) is 11.8. The molecule has 0 bridgehead atoms. The minimum absolute atomic E-state index is 0.128. The molecule has 94 valence electrons. The topological polar surface area (TPSA) is 58.6 Å². The van der Waals surface area contributed by atoms with E-state index in [9.17, 15) is 9.90 Å². The lowest BCUT2D eigenvalue weighted by molar-refractivity contribution is 0.0459. The fourth-order valence-corrected chi connectivity index (χ4v) is 5.28. The molecule has 0 aromatic rings. The molecule has 2 atom stereocenters. The molecule has 0 spiro atoms. The van der Waals surface area contributed by atoms with E-state index in [1.807, 2.05) is 20.8 Å². The van der Waals surface area contributed by atoms with Gasteiger partial charge in [-0.3, -0.25) is 0 Å². The molecule has 1 amide bonds. The lowest BCUT2D eigenvalue weighted by atomic mass is 10.2. The molecule has 0 unspecified atom stereocenters. The van der Waals surface area contributed by atoms with E-state index in [0.717, 1.165) is 12.1 Å². The molecule has 1 saturated heterocycles. The molecule has 1 fully saturated rings. The lowest BCUT2D eigenvalue weighted by Crippen LogP contribution is -2.42. The van der Waals surface area contributed by atoms with Crippen LogP contribution in [-0.4, -0.2) is 37.0 Å². The Labute approximate surface area is 98.4 Å². The van der Waals surface area contributed by atoms with Crippen LogP contribution >= 0.6 is 0 Å². The summed E-state index contributed by atoms with van der Waals surface area (Å²) in [5.41, 5.74) is -0.486. The summed E-state index contributed by atoms with van der Waals surface area (Å²) in [6.07, 6.45) is -0.836. The Bertz CT molecular complexity index is 273. The van der Waals surface area contributed by atoms with Crippen molar-refractivity contribution in [1.29, 1.82) is 0 Å². The number of aliphatic hydroxyl groups excluding tert-OH is 1. The van der Waals surface area contributed by atoms with Crippen LogP contribution in [0.4, 0.5) is 4.79 Å². The monoisotopic (exact) mass is 245 g/mol. The van der Waals surface area contributed by atoms with Crippen molar-refractivity contribution in [2.75, 3.05) is 0 Å². The van der Waals surface area contributed by atoms with Gasteiger partial charge in [-0.15, -0.1) is 0 Å². The van der Waals surface area contributed by atoms with Gasteiger partial charge in [0, 0.05) is 0 Å². The van der Waals surface area contributed by atoms with Crippen molar-refractivity contribution in [3.8, 4) is 0 Å². The van der Waals surface area contributed by atoms with Gasteiger partial charge < -0.3 is 15.2 Å². The largest absolute Gasteiger partial charge is 0.444 e. The molecular formula is C11H23NO3Si. The second-order valence-corrected chi connectivity index (χ2v) is 11.5. The summed E-state index contributed by atoms with van der Waals surface area (Å²) in [4.78, 5) is 11.5. The van der Waals surface area contributed by atoms with Gasteiger partial charge in [0.2, 0.25) is 0 Å². The Kier molecular flexibility index (Phi) is 3.69. The Morgan fingerprint density at radius 3 is 2.31 bits per heavy atom. The predicted molar refractivity (Wildman–Crippen MR) is 66.3 cm³/mol. The first-order valence-corrected chi connectivity index (χ1v) is 9.18. The normalized spacial score (nSPS) is 28.9. The molecule has 1 aliphatic heterocycles. The van der Waals surface area contributed by atoms with Gasteiger partial charge in [0.15, 0.2) is 0 Å². The first kappa shape index (κ1) is 13.5. The van der Waals surface area contributed by atoms with E-state index in [0.29, 0.717) is 0 Å². The van der Waals surface area contributed by atoms with Crippen LogP contribution in [0.2, 0.25) is 25.2 Å². The number of rotatable bonds is 1. The zero-order valence-electron chi connectivity index (χ0n) is 10.8. The van der Waals surface area contributed by atoms with E-state index < -0.39 is 25.9 Å². The van der Waals surface area contributed by atoms with Crippen molar-refractivity contribution in [3.05, 3.63) is 0 Å². The first-order valence-electron chi connectivity index (χ1n) is 5.77. The third kappa shape index (κ3) is 4.13. The SMILES string of the molecule is CC(C)(C)OC(=O)N[C@@H]1C[Si](C)(C)C[C@H]1O. The van der Waals surface area contributed by atoms with Crippen LogP contribution < -0.4 is 5.32 Å². The van der Waals surface area contributed by atoms with Gasteiger partial charge in [-0.1, -0.05) is 13.1 Å². The van der Waals surface area contributed by atoms with E-state index in [1.54, 1.807) is 0 Å². The van der Waals surface area contributed by atoms with E-state index in [-0.39, 0.29) is 6.04 Å². The Morgan fingerprint density at radius 2 is 1.94 bits per heavy atom. The van der Waals surface area contributed by atoms with Crippen LogP contribution in [-0.2, 0) is 4.74 Å². The standard InChI is InChI=1S/C11H23NO3Si/c1-11(2,3)15-10(14)12-8-6-16(4,5)7-9(8)13/h8-9,13H,6-7H2,1-5H3,(H,12,14)/t8-,9-/m1/s1. The van der Waals surface area contributed by atoms with Crippen LogP contribution in [0.1, 0.15) is 20.8 Å². The maximum Gasteiger partial charge on any atom is 0.407 e. The number of hydrogen-bond acceptors (Lipinski definition) is 3. The summed E-state index contributed by atoms with van der Waals surface area (Å²) >= 11 is 0. The van der Waals surface area contributed by atoms with Crippen molar-refractivity contribution >= 4 is 14.2 Å². The van der Waals surface area contributed by atoms with E-state index in [4.69, 9.17) is 4.74 Å². The number of aliphatic hydroxyl groups is 1. The van der Waals surface area contributed by atoms with Gasteiger partial charge >= 0.3 is 6.09 Å². The van der Waals surface area contributed by atoms with Crippen molar-refractivity contribution in [3.63, 3.8) is 0 Å². The fraction of sp³-hybridized carbons (Fsp3) is 0.909. The maximum atomic E-state index is 11.5. The van der Waals surface area contributed by atoms with Crippen molar-refractivity contribution in [2.45, 2.75) is 63.7 Å². The quantitative estimate of drug-likeness (QED) is 0.694. The Balaban J connectivity index is 2.47. The molecule has 0 saturated carbocycles. The summed E-state index contributed by atoms with van der Waals surface area (Å²) in [6.45, 7) is 9.95. The number of carbonyl (C=O) groups excluding carboxylic acids is 1. The highest BCUT2D eigenvalue weighted by Gasteiger charge is 2.40. The molecule has 5 heteroatoms. The fourth-order valence-electron chi connectivity index (χ4n) is 2.13. The molecule has 0 aromatic carbocycles. The van der Waals surface area contributed by atoms with E-state index in [2.05, 4.69) is 18.4 Å². The highest BCUT2D eigenvalue weighted by atomic mass is 28.3. The average molecular weight is 245 g/mol. The third-order valence-corrected chi connectivity index (χ3v) is 5.77. The zero-order chi connectivity index (χ0) is 12.6. The number of carbonyl (C=O) groups is 1. The molecular weight excluding hydrogens is 222 g/mol. The summed E-state index contributed by atoms with van der Waals surface area (Å²) in [7, 11) is -1.31. The minimum Gasteiger partial charge on any atom is -0.444 e. The van der Waals surface area contributed by atoms with Crippen molar-refractivity contribution < 1.29 is 14.6 Å². The molecule has 0 aromatic heterocycles. The number of ether oxygens (including phenoxy) is 1. The molecule has 1 aliphatic rings. The minimum atomic E-state index is -1.31. The molecule has 0 aliphatic carbocycles. The molecule has 4 nitrogen and oxygen atoms in total. The van der Waals surface area contributed by atoms with Crippen LogP contribution in [0.5, 0.6) is 0 Å². The van der Waals surface area contributed by atoms with Crippen LogP contribution in [0.3, 0.4) is 0 Å². The van der Waals surface area contributed by atoms with Gasteiger partial charge in [-0.25, -0.2) is 4.79 Å². The molecule has 1 heterocycles. The van der Waals surface area contributed by atoms with Gasteiger partial charge in [0.25, 0.3) is 0 Å². The first-order chi connectivity index (χ1) is 7.09. The molecule has 16 heavy (non-hydrogen) atoms. The van der Waals surface area contributed by atoms with Crippen molar-refractivity contribution in [1.82, 2.24) is 5.32 Å². The second kappa shape index (κ2) is 4.37. The van der Waals surface area contributed by atoms with E-state index >= 15 is 0 Å². The maximum absolute atomic E-state index is 11.5. The Hall–Kier alpha value is -0.553. The lowest BCUT2D eigenvalue weighted by Gasteiger charge is -2.23. The average Bonchev–Trinajstić information content (AvgIpc) is 2.19. The van der Waals surface area contributed by atoms with Gasteiger partial charge in [0.1, 0.15) is 5.60 Å². The van der Waals surface area contributed by atoms with Crippen LogP contribution in [0, 0.1) is 0 Å². The smallest absolute Gasteiger partial charge is 0.407 e. The van der Waals surface area contributed by atoms with Crippen molar-refractivity contribution in [2.24, 2.45) is 0 Å².